The van der Waals surface area contributed by atoms with E-state index in [1.807, 2.05) is 53.7 Å². The van der Waals surface area contributed by atoms with Crippen molar-refractivity contribution < 1.29 is 4.79 Å². The minimum atomic E-state index is 0.100. The number of halogens is 1. The molecule has 1 aliphatic heterocycles. The number of fused-ring (bicyclic) bond motifs is 3. The van der Waals surface area contributed by atoms with Crippen LogP contribution in [0.4, 0.5) is 0 Å². The first-order chi connectivity index (χ1) is 16.2. The van der Waals surface area contributed by atoms with Crippen LogP contribution in [0, 0.1) is 0 Å². The van der Waals surface area contributed by atoms with Crippen molar-refractivity contribution in [2.24, 2.45) is 0 Å². The Labute approximate surface area is 197 Å². The summed E-state index contributed by atoms with van der Waals surface area (Å²) in [6.45, 7) is 1.42. The first-order valence-corrected chi connectivity index (χ1v) is 11.9. The maximum atomic E-state index is 13.3. The van der Waals surface area contributed by atoms with Crippen LogP contribution in [0.15, 0.2) is 72.6 Å². The Bertz CT molecular complexity index is 1410. The molecule has 2 aromatic carbocycles. The largest absolute Gasteiger partial charge is 0.360 e. The lowest BCUT2D eigenvalue weighted by Gasteiger charge is -2.30. The number of likely N-dealkylation sites (tertiary alicyclic amines) is 1. The summed E-state index contributed by atoms with van der Waals surface area (Å²) >= 11 is 6.34. The summed E-state index contributed by atoms with van der Waals surface area (Å²) in [5, 5.41) is 1.76. The van der Waals surface area contributed by atoms with E-state index in [1.54, 1.807) is 0 Å². The number of rotatable bonds is 1. The number of pyridine rings is 1. The van der Waals surface area contributed by atoms with Gasteiger partial charge in [-0.05, 0) is 66.6 Å². The number of aryl methyl sites for hydroxylation is 2. The van der Waals surface area contributed by atoms with Gasteiger partial charge in [-0.1, -0.05) is 47.5 Å². The highest BCUT2D eigenvalue weighted by Crippen LogP contribution is 2.38. The number of para-hydroxylation sites is 1. The van der Waals surface area contributed by atoms with Crippen LogP contribution in [0.2, 0.25) is 5.02 Å². The third-order valence-corrected chi connectivity index (χ3v) is 7.19. The van der Waals surface area contributed by atoms with Crippen LogP contribution in [-0.4, -0.2) is 33.9 Å². The third-order valence-electron chi connectivity index (χ3n) is 6.96. The van der Waals surface area contributed by atoms with E-state index in [2.05, 4.69) is 23.2 Å². The molecule has 6 rings (SSSR count). The highest BCUT2D eigenvalue weighted by atomic mass is 35.5. The summed E-state index contributed by atoms with van der Waals surface area (Å²) in [6, 6.07) is 18.4. The molecule has 1 N–H and O–H groups in total. The van der Waals surface area contributed by atoms with E-state index in [-0.39, 0.29) is 5.91 Å². The number of carbonyl (C=O) groups is 1. The molecule has 33 heavy (non-hydrogen) atoms. The Morgan fingerprint density at radius 1 is 0.939 bits per heavy atom. The first-order valence-electron chi connectivity index (χ1n) is 11.5. The fraction of sp³-hybridized carbons (Fsp3) is 0.214. The SMILES string of the molecule is O=C(c1c[nH]c2ccccc12)N1CCC(=C2c3ccc(Cl)cc3CCc3cccnc32)CC1. The predicted octanol–water partition coefficient (Wildman–Crippen LogP) is 6.05. The Hall–Kier alpha value is -3.37. The number of piperidine rings is 1. The number of hydrogen-bond donors (Lipinski definition) is 1. The average molecular weight is 454 g/mol. The van der Waals surface area contributed by atoms with Crippen molar-refractivity contribution in [2.45, 2.75) is 25.7 Å². The smallest absolute Gasteiger partial charge is 0.256 e. The highest BCUT2D eigenvalue weighted by Gasteiger charge is 2.27. The minimum absolute atomic E-state index is 0.100. The van der Waals surface area contributed by atoms with Gasteiger partial charge >= 0.3 is 0 Å². The summed E-state index contributed by atoms with van der Waals surface area (Å²) in [4.78, 5) is 23.3. The monoisotopic (exact) mass is 453 g/mol. The molecule has 2 aromatic heterocycles. The minimum Gasteiger partial charge on any atom is -0.360 e. The van der Waals surface area contributed by atoms with Crippen molar-refractivity contribution in [3.8, 4) is 0 Å². The number of nitrogens with zero attached hydrogens (tertiary/aromatic N) is 2. The summed E-state index contributed by atoms with van der Waals surface area (Å²) in [6.07, 6.45) is 7.33. The number of nitrogens with one attached hydrogen (secondary N) is 1. The Kier molecular flexibility index (Phi) is 5.03. The number of aromatic nitrogens is 2. The zero-order valence-electron chi connectivity index (χ0n) is 18.3. The van der Waals surface area contributed by atoms with Gasteiger partial charge in [-0.15, -0.1) is 0 Å². The van der Waals surface area contributed by atoms with Gasteiger partial charge in [0.1, 0.15) is 0 Å². The van der Waals surface area contributed by atoms with Crippen LogP contribution in [-0.2, 0) is 12.8 Å². The van der Waals surface area contributed by atoms with Crippen LogP contribution in [0.1, 0.15) is 45.6 Å². The van der Waals surface area contributed by atoms with E-state index in [0.717, 1.165) is 52.9 Å². The average Bonchev–Trinajstić information content (AvgIpc) is 3.21. The molecule has 0 unspecified atom stereocenters. The van der Waals surface area contributed by atoms with Crippen LogP contribution in [0.5, 0.6) is 0 Å². The van der Waals surface area contributed by atoms with Gasteiger partial charge in [0, 0.05) is 47.0 Å². The van der Waals surface area contributed by atoms with Crippen LogP contribution in [0.3, 0.4) is 0 Å². The fourth-order valence-electron chi connectivity index (χ4n) is 5.28. The van der Waals surface area contributed by atoms with Crippen LogP contribution >= 0.6 is 11.6 Å². The molecule has 0 saturated carbocycles. The molecular weight excluding hydrogens is 430 g/mol. The highest BCUT2D eigenvalue weighted by molar-refractivity contribution is 6.30. The molecule has 4 nitrogen and oxygen atoms in total. The van der Waals surface area contributed by atoms with Crippen molar-refractivity contribution in [1.82, 2.24) is 14.9 Å². The van der Waals surface area contributed by atoms with Gasteiger partial charge in [-0.25, -0.2) is 0 Å². The van der Waals surface area contributed by atoms with Crippen molar-refractivity contribution >= 4 is 34.0 Å². The zero-order chi connectivity index (χ0) is 22.4. The molecule has 5 heteroatoms. The summed E-state index contributed by atoms with van der Waals surface area (Å²) in [7, 11) is 0. The topological polar surface area (TPSA) is 49.0 Å². The van der Waals surface area contributed by atoms with Gasteiger partial charge in [0.25, 0.3) is 5.91 Å². The molecule has 4 aromatic rings. The number of benzene rings is 2. The second-order valence-corrected chi connectivity index (χ2v) is 9.27. The number of amides is 1. The molecule has 1 saturated heterocycles. The van der Waals surface area contributed by atoms with Crippen LogP contribution < -0.4 is 0 Å². The zero-order valence-corrected chi connectivity index (χ0v) is 19.0. The van der Waals surface area contributed by atoms with E-state index in [9.17, 15) is 4.79 Å². The van der Waals surface area contributed by atoms with E-state index in [4.69, 9.17) is 16.6 Å². The quantitative estimate of drug-likeness (QED) is 0.381. The molecule has 0 radical (unpaired) electrons. The van der Waals surface area contributed by atoms with E-state index in [1.165, 1.54) is 27.8 Å². The Morgan fingerprint density at radius 3 is 2.64 bits per heavy atom. The molecule has 164 valence electrons. The van der Waals surface area contributed by atoms with Gasteiger partial charge in [-0.3, -0.25) is 9.78 Å². The van der Waals surface area contributed by atoms with Gasteiger partial charge in [0.2, 0.25) is 0 Å². The first kappa shape index (κ1) is 20.3. The van der Waals surface area contributed by atoms with Gasteiger partial charge in [0.15, 0.2) is 0 Å². The summed E-state index contributed by atoms with van der Waals surface area (Å²) in [5.74, 6) is 0.100. The third kappa shape index (κ3) is 3.55. The lowest BCUT2D eigenvalue weighted by Crippen LogP contribution is -2.36. The number of H-pyrrole nitrogens is 1. The number of hydrogen-bond acceptors (Lipinski definition) is 2. The lowest BCUT2D eigenvalue weighted by atomic mass is 9.88. The van der Waals surface area contributed by atoms with E-state index >= 15 is 0 Å². The molecule has 1 fully saturated rings. The molecule has 0 atom stereocenters. The van der Waals surface area contributed by atoms with Gasteiger partial charge in [-0.2, -0.15) is 0 Å². The summed E-state index contributed by atoms with van der Waals surface area (Å²) in [5.41, 5.74) is 9.26. The van der Waals surface area contributed by atoms with Crippen molar-refractivity contribution in [3.05, 3.63) is 106 Å². The normalized spacial score (nSPS) is 15.8. The maximum Gasteiger partial charge on any atom is 0.256 e. The second kappa shape index (κ2) is 8.20. The molecular formula is C28H24ClN3O. The maximum absolute atomic E-state index is 13.3. The van der Waals surface area contributed by atoms with Crippen molar-refractivity contribution in [2.75, 3.05) is 13.1 Å². The second-order valence-electron chi connectivity index (χ2n) is 8.83. The Balaban J connectivity index is 1.35. The molecule has 3 heterocycles. The standard InChI is InChI=1S/C28H24ClN3O/c29-21-9-10-22-20(16-21)8-7-19-4-3-13-30-27(19)26(22)18-11-14-32(15-12-18)28(33)24-17-31-25-6-2-1-5-23(24)25/h1-6,9-10,13,16-17,31H,7-8,11-12,14-15H2. The lowest BCUT2D eigenvalue weighted by molar-refractivity contribution is 0.0746. The molecule has 1 amide bonds. The van der Waals surface area contributed by atoms with Gasteiger partial charge in [0.05, 0.1) is 11.3 Å². The molecule has 1 aliphatic carbocycles. The number of aromatic amines is 1. The molecule has 0 spiro atoms. The van der Waals surface area contributed by atoms with E-state index in [0.29, 0.717) is 13.1 Å². The fourth-order valence-corrected chi connectivity index (χ4v) is 5.48. The number of carbonyl (C=O) groups excluding carboxylic acids is 1. The van der Waals surface area contributed by atoms with Crippen molar-refractivity contribution in [1.29, 1.82) is 0 Å². The van der Waals surface area contributed by atoms with E-state index < -0.39 is 0 Å². The Morgan fingerprint density at radius 2 is 1.76 bits per heavy atom. The molecule has 2 aliphatic rings. The van der Waals surface area contributed by atoms with Gasteiger partial charge < -0.3 is 9.88 Å². The summed E-state index contributed by atoms with van der Waals surface area (Å²) < 4.78 is 0. The van der Waals surface area contributed by atoms with Crippen LogP contribution in [0.25, 0.3) is 16.5 Å². The molecule has 0 bridgehead atoms. The predicted molar refractivity (Wildman–Crippen MR) is 133 cm³/mol. The van der Waals surface area contributed by atoms with Crippen molar-refractivity contribution in [3.63, 3.8) is 0 Å².